The number of nitrogens with one attached hydrogen (secondary N) is 1. The van der Waals surface area contributed by atoms with E-state index >= 15 is 0 Å². The Morgan fingerprint density at radius 2 is 2.40 bits per heavy atom. The summed E-state index contributed by atoms with van der Waals surface area (Å²) in [4.78, 5) is 24.2. The molecule has 0 saturated carbocycles. The molecule has 0 spiro atoms. The molecule has 54 valence electrons. The molecule has 1 aromatic rings. The molecule has 0 saturated heterocycles. The number of aromatic nitrogens is 3. The summed E-state index contributed by atoms with van der Waals surface area (Å²) >= 11 is 5.04. The van der Waals surface area contributed by atoms with Crippen molar-refractivity contribution in [2.24, 2.45) is 0 Å². The van der Waals surface area contributed by atoms with E-state index in [1.165, 1.54) is 6.92 Å². The van der Waals surface area contributed by atoms with Crippen LogP contribution in [0.15, 0.2) is 4.79 Å². The summed E-state index contributed by atoms with van der Waals surface area (Å²) in [6.45, 7) is 1.50. The highest BCUT2D eigenvalue weighted by Crippen LogP contribution is 1.90. The molecule has 0 unspecified atom stereocenters. The number of carbonyl (C=O) groups excluding carboxylic acids is 1. The Morgan fingerprint density at radius 3 is 2.60 bits per heavy atom. The van der Waals surface area contributed by atoms with E-state index in [1.54, 1.807) is 0 Å². The highest BCUT2D eigenvalue weighted by atomic mass is 35.5. The van der Waals surface area contributed by atoms with Gasteiger partial charge in [0.1, 0.15) is 5.82 Å². The van der Waals surface area contributed by atoms with Crippen LogP contribution in [0.2, 0.25) is 0 Å². The van der Waals surface area contributed by atoms with Crippen LogP contribution in [-0.2, 0) is 0 Å². The minimum atomic E-state index is -0.771. The van der Waals surface area contributed by atoms with E-state index < -0.39 is 11.1 Å². The molecule has 0 aliphatic rings. The predicted molar refractivity (Wildman–Crippen MR) is 34.2 cm³/mol. The van der Waals surface area contributed by atoms with Crippen LogP contribution >= 0.6 is 11.6 Å². The smallest absolute Gasteiger partial charge is 0.253 e. The molecule has 0 aliphatic carbocycles. The maximum Gasteiger partial charge on any atom is 0.361 e. The molecule has 0 fully saturated rings. The number of H-pyrrole nitrogens is 1. The number of hydrogen-bond acceptors (Lipinski definition) is 3. The number of carbonyl (C=O) groups is 1. The first-order chi connectivity index (χ1) is 4.61. The zero-order valence-corrected chi connectivity index (χ0v) is 5.84. The van der Waals surface area contributed by atoms with Gasteiger partial charge in [-0.25, -0.2) is 9.89 Å². The van der Waals surface area contributed by atoms with Crippen LogP contribution in [0, 0.1) is 6.92 Å². The second kappa shape index (κ2) is 2.26. The second-order valence-electron chi connectivity index (χ2n) is 1.66. The average molecular weight is 162 g/mol. The summed E-state index contributed by atoms with van der Waals surface area (Å²) in [5.74, 6) is 0.255. The van der Waals surface area contributed by atoms with Crippen molar-refractivity contribution >= 4 is 17.0 Å². The van der Waals surface area contributed by atoms with Gasteiger partial charge in [-0.1, -0.05) is 0 Å². The van der Waals surface area contributed by atoms with Gasteiger partial charge in [0.25, 0.3) is 0 Å². The number of hydrogen-bond donors (Lipinski definition) is 1. The van der Waals surface area contributed by atoms with E-state index in [2.05, 4.69) is 10.1 Å². The summed E-state index contributed by atoms with van der Waals surface area (Å²) in [7, 11) is 0. The number of aryl methyl sites for hydroxylation is 1. The highest BCUT2D eigenvalue weighted by molar-refractivity contribution is 6.63. The maximum absolute atomic E-state index is 10.4. The van der Waals surface area contributed by atoms with Gasteiger partial charge in [-0.3, -0.25) is 4.79 Å². The van der Waals surface area contributed by atoms with Crippen molar-refractivity contribution in [3.8, 4) is 0 Å². The van der Waals surface area contributed by atoms with Crippen molar-refractivity contribution in [2.75, 3.05) is 0 Å². The fraction of sp³-hybridized carbons (Fsp3) is 0.250. The lowest BCUT2D eigenvalue weighted by molar-refractivity contribution is 0.258. The molecule has 1 aromatic heterocycles. The Bertz CT molecular complexity index is 313. The topological polar surface area (TPSA) is 67.8 Å². The van der Waals surface area contributed by atoms with Crippen molar-refractivity contribution in [3.63, 3.8) is 0 Å². The van der Waals surface area contributed by atoms with Crippen molar-refractivity contribution < 1.29 is 4.79 Å². The molecule has 0 aliphatic heterocycles. The Labute approximate surface area is 60.6 Å². The van der Waals surface area contributed by atoms with Crippen molar-refractivity contribution in [1.29, 1.82) is 0 Å². The number of nitrogens with zero attached hydrogens (tertiary/aromatic N) is 2. The fourth-order valence-corrected chi connectivity index (χ4v) is 0.734. The van der Waals surface area contributed by atoms with Crippen LogP contribution in [0.3, 0.4) is 0 Å². The van der Waals surface area contributed by atoms with Crippen molar-refractivity contribution in [2.45, 2.75) is 6.92 Å². The van der Waals surface area contributed by atoms with Crippen LogP contribution in [0.5, 0.6) is 0 Å². The van der Waals surface area contributed by atoms with E-state index in [4.69, 9.17) is 11.6 Å². The molecule has 1 N–H and O–H groups in total. The first-order valence-corrected chi connectivity index (χ1v) is 2.84. The molecule has 10 heavy (non-hydrogen) atoms. The van der Waals surface area contributed by atoms with Gasteiger partial charge in [-0.15, -0.1) is 0 Å². The normalized spacial score (nSPS) is 9.80. The summed E-state index contributed by atoms with van der Waals surface area (Å²) in [5, 5.41) is 1.34. The van der Waals surface area contributed by atoms with Gasteiger partial charge < -0.3 is 0 Å². The van der Waals surface area contributed by atoms with E-state index in [1.807, 2.05) is 0 Å². The van der Waals surface area contributed by atoms with E-state index in [0.29, 0.717) is 0 Å². The van der Waals surface area contributed by atoms with Crippen LogP contribution in [0.25, 0.3) is 0 Å². The largest absolute Gasteiger partial charge is 0.361 e. The van der Waals surface area contributed by atoms with Gasteiger partial charge in [0, 0.05) is 0 Å². The van der Waals surface area contributed by atoms with E-state index in [-0.39, 0.29) is 5.82 Å². The summed E-state index contributed by atoms with van der Waals surface area (Å²) in [5.41, 5.74) is -0.577. The molecule has 6 heteroatoms. The standard InChI is InChI=1S/C4H4ClN3O2/c1-2-6-4(10)7-8(2)3(5)9/h1H3,(H,7,10). The van der Waals surface area contributed by atoms with Gasteiger partial charge in [0.15, 0.2) is 0 Å². The molecular formula is C4H4ClN3O2. The summed E-state index contributed by atoms with van der Waals surface area (Å²) in [6, 6.07) is 0. The molecule has 0 atom stereocenters. The van der Waals surface area contributed by atoms with Crippen LogP contribution < -0.4 is 5.69 Å². The Kier molecular flexibility index (Phi) is 1.58. The minimum Gasteiger partial charge on any atom is -0.253 e. The molecule has 0 bridgehead atoms. The average Bonchev–Trinajstić information content (AvgIpc) is 2.10. The van der Waals surface area contributed by atoms with Crippen LogP contribution in [-0.4, -0.2) is 20.1 Å². The van der Waals surface area contributed by atoms with Gasteiger partial charge in [0.2, 0.25) is 0 Å². The third-order valence-corrected chi connectivity index (χ3v) is 1.14. The Balaban J connectivity index is 3.28. The molecule has 0 amide bonds. The maximum atomic E-state index is 10.4. The van der Waals surface area contributed by atoms with Crippen LogP contribution in [0.1, 0.15) is 5.82 Å². The zero-order valence-electron chi connectivity index (χ0n) is 5.09. The first-order valence-electron chi connectivity index (χ1n) is 2.47. The Morgan fingerprint density at radius 1 is 1.80 bits per heavy atom. The summed E-state index contributed by atoms with van der Waals surface area (Å²) in [6.07, 6.45) is 0. The molecule has 1 heterocycles. The number of aromatic amines is 1. The van der Waals surface area contributed by atoms with Crippen molar-refractivity contribution in [3.05, 3.63) is 16.3 Å². The van der Waals surface area contributed by atoms with E-state index in [0.717, 1.165) is 4.68 Å². The van der Waals surface area contributed by atoms with Gasteiger partial charge in [0.05, 0.1) is 0 Å². The molecular weight excluding hydrogens is 158 g/mol. The first kappa shape index (κ1) is 7.01. The number of rotatable bonds is 0. The highest BCUT2D eigenvalue weighted by Gasteiger charge is 2.04. The number of halogens is 1. The molecule has 0 aromatic carbocycles. The monoisotopic (exact) mass is 161 g/mol. The van der Waals surface area contributed by atoms with Gasteiger partial charge >= 0.3 is 11.1 Å². The van der Waals surface area contributed by atoms with E-state index in [9.17, 15) is 9.59 Å². The minimum absolute atomic E-state index is 0.255. The third kappa shape index (κ3) is 1.08. The predicted octanol–water partition coefficient (Wildman–Crippen LogP) is 0.0867. The Hall–Kier alpha value is -1.10. The molecule has 5 nitrogen and oxygen atoms in total. The lowest BCUT2D eigenvalue weighted by Crippen LogP contribution is -2.09. The second-order valence-corrected chi connectivity index (χ2v) is 1.99. The lowest BCUT2D eigenvalue weighted by atomic mass is 10.7. The summed E-state index contributed by atoms with van der Waals surface area (Å²) < 4.78 is 0.865. The quantitative estimate of drug-likeness (QED) is 0.549. The molecule has 1 rings (SSSR count). The lowest BCUT2D eigenvalue weighted by Gasteiger charge is -1.90. The fourth-order valence-electron chi connectivity index (χ4n) is 0.570. The SMILES string of the molecule is Cc1nc(=O)[nH]n1C(=O)Cl. The zero-order chi connectivity index (χ0) is 7.72. The van der Waals surface area contributed by atoms with Gasteiger partial charge in [-0.2, -0.15) is 9.67 Å². The van der Waals surface area contributed by atoms with Gasteiger partial charge in [-0.05, 0) is 18.5 Å². The molecule has 0 radical (unpaired) electrons. The van der Waals surface area contributed by atoms with Crippen molar-refractivity contribution in [1.82, 2.24) is 14.8 Å². The third-order valence-electron chi connectivity index (χ3n) is 0.970. The van der Waals surface area contributed by atoms with Crippen LogP contribution in [0.4, 0.5) is 4.79 Å².